The second-order valence-corrected chi connectivity index (χ2v) is 5.69. The van der Waals surface area contributed by atoms with Crippen LogP contribution in [0.3, 0.4) is 0 Å². The minimum atomic E-state index is -0.0755. The number of hydrogen-bond donors (Lipinski definition) is 1. The third kappa shape index (κ3) is 4.20. The summed E-state index contributed by atoms with van der Waals surface area (Å²) in [5, 5.41) is 2.85. The van der Waals surface area contributed by atoms with E-state index in [0.29, 0.717) is 44.0 Å². The van der Waals surface area contributed by atoms with Gasteiger partial charge in [-0.25, -0.2) is 0 Å². The van der Waals surface area contributed by atoms with E-state index in [4.69, 9.17) is 4.74 Å². The van der Waals surface area contributed by atoms with E-state index in [9.17, 15) is 9.59 Å². The second kappa shape index (κ2) is 7.75. The number of carbonyl (C=O) groups excluding carboxylic acids is 2. The highest BCUT2D eigenvalue weighted by molar-refractivity contribution is 5.96. The molecule has 0 atom stereocenters. The van der Waals surface area contributed by atoms with Gasteiger partial charge < -0.3 is 15.0 Å². The van der Waals surface area contributed by atoms with Crippen molar-refractivity contribution in [2.45, 2.75) is 6.42 Å². The van der Waals surface area contributed by atoms with Crippen LogP contribution < -0.4 is 5.32 Å². The molecule has 1 heterocycles. The fourth-order valence-corrected chi connectivity index (χ4v) is 2.63. The molecule has 1 aliphatic heterocycles. The maximum absolute atomic E-state index is 12.4. The van der Waals surface area contributed by atoms with E-state index < -0.39 is 0 Å². The molecule has 0 bridgehead atoms. The van der Waals surface area contributed by atoms with Crippen LogP contribution in [0.1, 0.15) is 15.9 Å². The van der Waals surface area contributed by atoms with Gasteiger partial charge in [0.05, 0.1) is 19.6 Å². The van der Waals surface area contributed by atoms with E-state index in [1.165, 1.54) is 0 Å². The number of benzene rings is 2. The average molecular weight is 324 g/mol. The molecular weight excluding hydrogens is 304 g/mol. The van der Waals surface area contributed by atoms with Gasteiger partial charge in [-0.05, 0) is 29.8 Å². The largest absolute Gasteiger partial charge is 0.378 e. The zero-order valence-electron chi connectivity index (χ0n) is 13.4. The summed E-state index contributed by atoms with van der Waals surface area (Å²) >= 11 is 0. The lowest BCUT2D eigenvalue weighted by Crippen LogP contribution is -2.40. The van der Waals surface area contributed by atoms with Crippen LogP contribution in [0.2, 0.25) is 0 Å². The van der Waals surface area contributed by atoms with Crippen LogP contribution in [0.25, 0.3) is 0 Å². The molecule has 1 fully saturated rings. The number of anilines is 1. The molecule has 0 saturated carbocycles. The Balaban J connectivity index is 1.58. The van der Waals surface area contributed by atoms with Gasteiger partial charge in [-0.15, -0.1) is 0 Å². The molecule has 0 unspecified atom stereocenters. The summed E-state index contributed by atoms with van der Waals surface area (Å²) in [4.78, 5) is 26.2. The molecule has 0 aliphatic carbocycles. The lowest BCUT2D eigenvalue weighted by atomic mass is 10.1. The summed E-state index contributed by atoms with van der Waals surface area (Å²) in [6.45, 7) is 2.40. The fourth-order valence-electron chi connectivity index (χ4n) is 2.63. The highest BCUT2D eigenvalue weighted by Crippen LogP contribution is 2.13. The van der Waals surface area contributed by atoms with E-state index in [1.54, 1.807) is 29.2 Å². The highest BCUT2D eigenvalue weighted by Gasteiger charge is 2.18. The van der Waals surface area contributed by atoms with Gasteiger partial charge in [0.1, 0.15) is 0 Å². The number of hydrogen-bond acceptors (Lipinski definition) is 3. The first kappa shape index (κ1) is 16.2. The van der Waals surface area contributed by atoms with Gasteiger partial charge in [0.25, 0.3) is 5.91 Å². The van der Waals surface area contributed by atoms with Crippen LogP contribution in [0.15, 0.2) is 54.6 Å². The minimum Gasteiger partial charge on any atom is -0.378 e. The van der Waals surface area contributed by atoms with E-state index in [0.717, 1.165) is 5.56 Å². The number of amides is 2. The first-order valence-electron chi connectivity index (χ1n) is 8.03. The first-order chi connectivity index (χ1) is 11.7. The Morgan fingerprint density at radius 3 is 2.29 bits per heavy atom. The van der Waals surface area contributed by atoms with Crippen molar-refractivity contribution in [2.75, 3.05) is 31.6 Å². The van der Waals surface area contributed by atoms with Crippen molar-refractivity contribution in [1.82, 2.24) is 4.90 Å². The summed E-state index contributed by atoms with van der Waals surface area (Å²) in [5.41, 5.74) is 2.28. The fraction of sp³-hybridized carbons (Fsp3) is 0.263. The Bertz CT molecular complexity index is 692. The predicted octanol–water partition coefficient (Wildman–Crippen LogP) is 2.34. The van der Waals surface area contributed by atoms with Gasteiger partial charge >= 0.3 is 0 Å². The van der Waals surface area contributed by atoms with Crippen molar-refractivity contribution in [3.63, 3.8) is 0 Å². The molecule has 5 nitrogen and oxygen atoms in total. The Kier molecular flexibility index (Phi) is 5.23. The molecule has 2 aromatic rings. The topological polar surface area (TPSA) is 58.6 Å². The standard InChI is InChI=1S/C19H20N2O3/c22-18(14-15-4-2-1-3-5-15)20-17-8-6-16(7-9-17)19(23)21-10-12-24-13-11-21/h1-9H,10-14H2,(H,20,22). The molecule has 124 valence electrons. The van der Waals surface area contributed by atoms with Gasteiger partial charge in [0, 0.05) is 24.3 Å². The smallest absolute Gasteiger partial charge is 0.254 e. The van der Waals surface area contributed by atoms with Gasteiger partial charge in [0.2, 0.25) is 5.91 Å². The quantitative estimate of drug-likeness (QED) is 0.939. The predicted molar refractivity (Wildman–Crippen MR) is 91.9 cm³/mol. The first-order valence-corrected chi connectivity index (χ1v) is 8.03. The van der Waals surface area contributed by atoms with Gasteiger partial charge in [-0.1, -0.05) is 30.3 Å². The maximum Gasteiger partial charge on any atom is 0.254 e. The third-order valence-corrected chi connectivity index (χ3v) is 3.92. The molecule has 2 aromatic carbocycles. The molecule has 3 rings (SSSR count). The van der Waals surface area contributed by atoms with E-state index in [2.05, 4.69) is 5.32 Å². The molecular formula is C19H20N2O3. The SMILES string of the molecule is O=C(Cc1ccccc1)Nc1ccc(C(=O)N2CCOCC2)cc1. The van der Waals surface area contributed by atoms with Crippen molar-refractivity contribution in [1.29, 1.82) is 0 Å². The summed E-state index contributed by atoms with van der Waals surface area (Å²) < 4.78 is 5.26. The van der Waals surface area contributed by atoms with Crippen molar-refractivity contribution in [2.24, 2.45) is 0 Å². The monoisotopic (exact) mass is 324 g/mol. The summed E-state index contributed by atoms with van der Waals surface area (Å²) in [7, 11) is 0. The summed E-state index contributed by atoms with van der Waals surface area (Å²) in [6.07, 6.45) is 0.329. The van der Waals surface area contributed by atoms with Gasteiger partial charge in [-0.2, -0.15) is 0 Å². The van der Waals surface area contributed by atoms with Crippen LogP contribution in [0.5, 0.6) is 0 Å². The van der Waals surface area contributed by atoms with Gasteiger partial charge in [0.15, 0.2) is 0 Å². The van der Waals surface area contributed by atoms with Crippen LogP contribution in [0, 0.1) is 0 Å². The number of morpholine rings is 1. The third-order valence-electron chi connectivity index (χ3n) is 3.92. The summed E-state index contributed by atoms with van der Waals surface area (Å²) in [5.74, 6) is -0.0751. The second-order valence-electron chi connectivity index (χ2n) is 5.69. The van der Waals surface area contributed by atoms with Crippen LogP contribution in [-0.2, 0) is 16.0 Å². The van der Waals surface area contributed by atoms with E-state index in [-0.39, 0.29) is 11.8 Å². The maximum atomic E-state index is 12.4. The average Bonchev–Trinajstić information content (AvgIpc) is 2.63. The number of ether oxygens (including phenoxy) is 1. The summed E-state index contributed by atoms with van der Waals surface area (Å²) in [6, 6.07) is 16.6. The highest BCUT2D eigenvalue weighted by atomic mass is 16.5. The molecule has 0 spiro atoms. The molecule has 5 heteroatoms. The molecule has 24 heavy (non-hydrogen) atoms. The number of nitrogens with one attached hydrogen (secondary N) is 1. The number of carbonyl (C=O) groups is 2. The van der Waals surface area contributed by atoms with Gasteiger partial charge in [-0.3, -0.25) is 9.59 Å². The number of nitrogens with zero attached hydrogens (tertiary/aromatic N) is 1. The zero-order chi connectivity index (χ0) is 16.8. The normalized spacial score (nSPS) is 14.2. The molecule has 0 radical (unpaired) electrons. The minimum absolute atomic E-state index is 0.000428. The van der Waals surface area contributed by atoms with Crippen molar-refractivity contribution >= 4 is 17.5 Å². The van der Waals surface area contributed by atoms with Crippen molar-refractivity contribution in [3.8, 4) is 0 Å². The van der Waals surface area contributed by atoms with Crippen LogP contribution >= 0.6 is 0 Å². The molecule has 2 amide bonds. The number of rotatable bonds is 4. The Hall–Kier alpha value is -2.66. The Labute approximate surface area is 141 Å². The lowest BCUT2D eigenvalue weighted by molar-refractivity contribution is -0.115. The van der Waals surface area contributed by atoms with Crippen molar-refractivity contribution in [3.05, 3.63) is 65.7 Å². The zero-order valence-corrected chi connectivity index (χ0v) is 13.4. The van der Waals surface area contributed by atoms with E-state index in [1.807, 2.05) is 30.3 Å². The molecule has 1 N–H and O–H groups in total. The Morgan fingerprint density at radius 2 is 1.62 bits per heavy atom. The van der Waals surface area contributed by atoms with Crippen LogP contribution in [-0.4, -0.2) is 43.0 Å². The molecule has 1 saturated heterocycles. The van der Waals surface area contributed by atoms with E-state index >= 15 is 0 Å². The lowest BCUT2D eigenvalue weighted by Gasteiger charge is -2.26. The Morgan fingerprint density at radius 1 is 0.958 bits per heavy atom. The van der Waals surface area contributed by atoms with Crippen molar-refractivity contribution < 1.29 is 14.3 Å². The van der Waals surface area contributed by atoms with Crippen LogP contribution in [0.4, 0.5) is 5.69 Å². The molecule has 0 aromatic heterocycles. The molecule has 1 aliphatic rings.